The van der Waals surface area contributed by atoms with Gasteiger partial charge in [0.05, 0.1) is 12.7 Å². The third-order valence-corrected chi connectivity index (χ3v) is 2.78. The molecular formula is C14H21NO3. The molecule has 0 aliphatic carbocycles. The van der Waals surface area contributed by atoms with Crippen LogP contribution in [0.2, 0.25) is 0 Å². The summed E-state index contributed by atoms with van der Waals surface area (Å²) in [5.41, 5.74) is 0.275. The number of rotatable bonds is 4. The first-order chi connectivity index (χ1) is 8.38. The summed E-state index contributed by atoms with van der Waals surface area (Å²) < 4.78 is 5.08. The number of phenolic OH excluding ortho intramolecular Hbond substituents is 1. The van der Waals surface area contributed by atoms with E-state index in [9.17, 15) is 9.90 Å². The molecule has 18 heavy (non-hydrogen) atoms. The molecule has 0 aliphatic heterocycles. The topological polar surface area (TPSA) is 49.8 Å². The summed E-state index contributed by atoms with van der Waals surface area (Å²) in [6.07, 6.45) is 0. The summed E-state index contributed by atoms with van der Waals surface area (Å²) in [7, 11) is 1.53. The molecule has 0 atom stereocenters. The molecule has 0 heterocycles. The Hall–Kier alpha value is -1.71. The third kappa shape index (κ3) is 2.94. The van der Waals surface area contributed by atoms with Crippen molar-refractivity contribution < 1.29 is 14.6 Å². The smallest absolute Gasteiger partial charge is 0.258 e. The molecule has 0 bridgehead atoms. The molecule has 0 spiro atoms. The van der Waals surface area contributed by atoms with Crippen LogP contribution in [0.1, 0.15) is 38.1 Å². The highest BCUT2D eigenvalue weighted by Crippen LogP contribution is 2.25. The van der Waals surface area contributed by atoms with Gasteiger partial charge in [0.1, 0.15) is 11.5 Å². The van der Waals surface area contributed by atoms with Crippen LogP contribution in [0.4, 0.5) is 0 Å². The van der Waals surface area contributed by atoms with E-state index < -0.39 is 0 Å². The first-order valence-corrected chi connectivity index (χ1v) is 6.08. The monoisotopic (exact) mass is 251 g/mol. The fraction of sp³-hybridized carbons (Fsp3) is 0.500. The normalized spacial score (nSPS) is 10.8. The van der Waals surface area contributed by atoms with Gasteiger partial charge in [0.2, 0.25) is 0 Å². The second-order valence-electron chi connectivity index (χ2n) is 4.78. The molecule has 0 radical (unpaired) electrons. The van der Waals surface area contributed by atoms with E-state index >= 15 is 0 Å². The van der Waals surface area contributed by atoms with E-state index in [-0.39, 0.29) is 29.3 Å². The Kier molecular flexibility index (Phi) is 4.59. The van der Waals surface area contributed by atoms with Gasteiger partial charge in [0, 0.05) is 12.1 Å². The van der Waals surface area contributed by atoms with Crippen LogP contribution in [-0.2, 0) is 0 Å². The SMILES string of the molecule is COc1ccc(O)c(C(=O)N(C(C)C)C(C)C)c1. The fourth-order valence-electron chi connectivity index (χ4n) is 2.02. The molecule has 4 nitrogen and oxygen atoms in total. The number of benzene rings is 1. The largest absolute Gasteiger partial charge is 0.507 e. The molecule has 0 aliphatic rings. The molecule has 0 saturated heterocycles. The number of hydrogen-bond donors (Lipinski definition) is 1. The highest BCUT2D eigenvalue weighted by Gasteiger charge is 2.24. The Morgan fingerprint density at radius 1 is 1.22 bits per heavy atom. The summed E-state index contributed by atoms with van der Waals surface area (Å²) in [6.45, 7) is 7.81. The Morgan fingerprint density at radius 3 is 2.22 bits per heavy atom. The van der Waals surface area contributed by atoms with E-state index in [4.69, 9.17) is 4.74 Å². The van der Waals surface area contributed by atoms with Gasteiger partial charge in [-0.2, -0.15) is 0 Å². The predicted molar refractivity (Wildman–Crippen MR) is 71.1 cm³/mol. The standard InChI is InChI=1S/C14H21NO3/c1-9(2)15(10(3)4)14(17)12-8-11(18-5)6-7-13(12)16/h6-10,16H,1-5H3. The minimum Gasteiger partial charge on any atom is -0.507 e. The molecule has 1 aromatic rings. The van der Waals surface area contributed by atoms with Crippen LogP contribution in [0.15, 0.2) is 18.2 Å². The van der Waals surface area contributed by atoms with Gasteiger partial charge in [0.25, 0.3) is 5.91 Å². The molecule has 1 aromatic carbocycles. The van der Waals surface area contributed by atoms with Gasteiger partial charge in [-0.3, -0.25) is 4.79 Å². The summed E-state index contributed by atoms with van der Waals surface area (Å²) in [4.78, 5) is 14.2. The molecule has 0 saturated carbocycles. The Bertz CT molecular complexity index is 419. The van der Waals surface area contributed by atoms with E-state index in [0.29, 0.717) is 5.75 Å². The predicted octanol–water partition coefficient (Wildman–Crippen LogP) is 2.66. The number of aromatic hydroxyl groups is 1. The number of ether oxygens (including phenoxy) is 1. The van der Waals surface area contributed by atoms with Crippen LogP contribution >= 0.6 is 0 Å². The molecule has 1 N–H and O–H groups in total. The van der Waals surface area contributed by atoms with Gasteiger partial charge < -0.3 is 14.7 Å². The molecule has 0 aromatic heterocycles. The van der Waals surface area contributed by atoms with Gasteiger partial charge >= 0.3 is 0 Å². The van der Waals surface area contributed by atoms with Crippen molar-refractivity contribution in [1.29, 1.82) is 0 Å². The molecule has 100 valence electrons. The summed E-state index contributed by atoms with van der Waals surface area (Å²) >= 11 is 0. The number of carbonyl (C=O) groups excluding carboxylic acids is 1. The quantitative estimate of drug-likeness (QED) is 0.895. The second kappa shape index (κ2) is 5.76. The first kappa shape index (κ1) is 14.4. The van der Waals surface area contributed by atoms with Gasteiger partial charge in [-0.1, -0.05) is 0 Å². The lowest BCUT2D eigenvalue weighted by molar-refractivity contribution is 0.0640. The van der Waals surface area contributed by atoms with Crippen molar-refractivity contribution in [1.82, 2.24) is 4.90 Å². The van der Waals surface area contributed by atoms with Crippen LogP contribution in [-0.4, -0.2) is 35.1 Å². The molecular weight excluding hydrogens is 230 g/mol. The third-order valence-electron chi connectivity index (χ3n) is 2.78. The highest BCUT2D eigenvalue weighted by molar-refractivity contribution is 5.97. The zero-order chi connectivity index (χ0) is 13.9. The lowest BCUT2D eigenvalue weighted by Gasteiger charge is -2.31. The molecule has 1 amide bonds. The van der Waals surface area contributed by atoms with Gasteiger partial charge in [0.15, 0.2) is 0 Å². The minimum absolute atomic E-state index is 0.0212. The molecule has 0 unspecified atom stereocenters. The van der Waals surface area contributed by atoms with Crippen LogP contribution in [0.25, 0.3) is 0 Å². The van der Waals surface area contributed by atoms with E-state index in [0.717, 1.165) is 0 Å². The van der Waals surface area contributed by atoms with Crippen molar-refractivity contribution in [2.75, 3.05) is 7.11 Å². The minimum atomic E-state index is -0.184. The van der Waals surface area contributed by atoms with Gasteiger partial charge in [-0.25, -0.2) is 0 Å². The van der Waals surface area contributed by atoms with E-state index in [2.05, 4.69) is 0 Å². The number of methoxy groups -OCH3 is 1. The number of hydrogen-bond acceptors (Lipinski definition) is 3. The van der Waals surface area contributed by atoms with E-state index in [1.807, 2.05) is 27.7 Å². The van der Waals surface area contributed by atoms with Crippen molar-refractivity contribution in [2.24, 2.45) is 0 Å². The summed E-state index contributed by atoms with van der Waals surface area (Å²) in [6, 6.07) is 4.81. The zero-order valence-corrected chi connectivity index (χ0v) is 11.6. The number of phenols is 1. The molecule has 1 rings (SSSR count). The lowest BCUT2D eigenvalue weighted by atomic mass is 10.1. The van der Waals surface area contributed by atoms with Crippen LogP contribution in [0.3, 0.4) is 0 Å². The van der Waals surface area contributed by atoms with Crippen LogP contribution in [0.5, 0.6) is 11.5 Å². The lowest BCUT2D eigenvalue weighted by Crippen LogP contribution is -2.42. The summed E-state index contributed by atoms with van der Waals surface area (Å²) in [5.74, 6) is 0.354. The maximum Gasteiger partial charge on any atom is 0.258 e. The first-order valence-electron chi connectivity index (χ1n) is 6.08. The van der Waals surface area contributed by atoms with Gasteiger partial charge in [-0.15, -0.1) is 0 Å². The van der Waals surface area contributed by atoms with Crippen LogP contribution < -0.4 is 4.74 Å². The number of nitrogens with zero attached hydrogens (tertiary/aromatic N) is 1. The van der Waals surface area contributed by atoms with Gasteiger partial charge in [-0.05, 0) is 45.9 Å². The Morgan fingerprint density at radius 2 is 1.78 bits per heavy atom. The number of amides is 1. The average molecular weight is 251 g/mol. The van der Waals surface area contributed by atoms with Crippen LogP contribution in [0, 0.1) is 0 Å². The Labute approximate surface area is 108 Å². The molecule has 0 fully saturated rings. The van der Waals surface area contributed by atoms with E-state index in [1.165, 1.54) is 13.2 Å². The highest BCUT2D eigenvalue weighted by atomic mass is 16.5. The Balaban J connectivity index is 3.16. The van der Waals surface area contributed by atoms with Crippen molar-refractivity contribution in [3.05, 3.63) is 23.8 Å². The zero-order valence-electron chi connectivity index (χ0n) is 11.6. The maximum absolute atomic E-state index is 12.4. The maximum atomic E-state index is 12.4. The molecule has 4 heteroatoms. The fourth-order valence-corrected chi connectivity index (χ4v) is 2.02. The van der Waals surface area contributed by atoms with Crippen molar-refractivity contribution in [3.8, 4) is 11.5 Å². The summed E-state index contributed by atoms with van der Waals surface area (Å²) in [5, 5.41) is 9.81. The second-order valence-corrected chi connectivity index (χ2v) is 4.78. The number of carbonyl (C=O) groups is 1. The average Bonchev–Trinajstić information content (AvgIpc) is 2.28. The van der Waals surface area contributed by atoms with Crippen molar-refractivity contribution in [3.63, 3.8) is 0 Å². The van der Waals surface area contributed by atoms with Crippen molar-refractivity contribution >= 4 is 5.91 Å². The van der Waals surface area contributed by atoms with E-state index in [1.54, 1.807) is 17.0 Å². The van der Waals surface area contributed by atoms with Crippen molar-refractivity contribution in [2.45, 2.75) is 39.8 Å².